The first-order valence-electron chi connectivity index (χ1n) is 8.61. The lowest BCUT2D eigenvalue weighted by molar-refractivity contribution is 0.163. The summed E-state index contributed by atoms with van der Waals surface area (Å²) in [4.78, 5) is 0. The first-order valence-corrected chi connectivity index (χ1v) is 8.61. The van der Waals surface area contributed by atoms with Crippen molar-refractivity contribution in [2.45, 2.75) is 90.1 Å². The van der Waals surface area contributed by atoms with Crippen LogP contribution in [0.25, 0.3) is 0 Å². The number of unbranched alkanes of at least 4 members (excludes halogenated alkanes) is 2. The summed E-state index contributed by atoms with van der Waals surface area (Å²) in [5, 5.41) is 10.4. The molecule has 1 unspecified atom stereocenters. The SMILES string of the molecule is CCCCCC(O)c1ccc2c(c1)C(C)(C)CCC2(C)C. The fourth-order valence-corrected chi connectivity index (χ4v) is 3.57. The fourth-order valence-electron chi connectivity index (χ4n) is 3.57. The summed E-state index contributed by atoms with van der Waals surface area (Å²) in [6.07, 6.45) is 6.58. The predicted octanol–water partition coefficient (Wildman–Crippen LogP) is 5.65. The molecular weight excluding hydrogens is 256 g/mol. The third kappa shape index (κ3) is 3.51. The van der Waals surface area contributed by atoms with Crippen LogP contribution in [0.2, 0.25) is 0 Å². The van der Waals surface area contributed by atoms with Crippen molar-refractivity contribution in [1.29, 1.82) is 0 Å². The third-order valence-electron chi connectivity index (χ3n) is 5.34. The summed E-state index contributed by atoms with van der Waals surface area (Å²) in [5.41, 5.74) is 4.52. The first-order chi connectivity index (χ1) is 9.78. The standard InChI is InChI=1S/C20H32O/c1-6-7-8-9-18(21)15-10-11-16-17(14-15)20(4,5)13-12-19(16,2)3/h10-11,14,18,21H,6-9,12-13H2,1-5H3. The van der Waals surface area contributed by atoms with Gasteiger partial charge in [0.1, 0.15) is 0 Å². The third-order valence-corrected chi connectivity index (χ3v) is 5.34. The molecule has 1 aliphatic carbocycles. The van der Waals surface area contributed by atoms with Crippen molar-refractivity contribution in [2.24, 2.45) is 0 Å². The van der Waals surface area contributed by atoms with Gasteiger partial charge in [-0.25, -0.2) is 0 Å². The van der Waals surface area contributed by atoms with Gasteiger partial charge in [-0.2, -0.15) is 0 Å². The van der Waals surface area contributed by atoms with Crippen LogP contribution in [0.15, 0.2) is 18.2 Å². The van der Waals surface area contributed by atoms with Gasteiger partial charge in [0.25, 0.3) is 0 Å². The maximum absolute atomic E-state index is 10.4. The zero-order chi connectivity index (χ0) is 15.7. The van der Waals surface area contributed by atoms with Gasteiger partial charge in [-0.3, -0.25) is 0 Å². The van der Waals surface area contributed by atoms with E-state index in [0.29, 0.717) is 0 Å². The molecule has 2 rings (SSSR count). The van der Waals surface area contributed by atoms with Gasteiger partial charge in [0.2, 0.25) is 0 Å². The van der Waals surface area contributed by atoms with Crippen LogP contribution in [0.3, 0.4) is 0 Å². The van der Waals surface area contributed by atoms with Crippen LogP contribution >= 0.6 is 0 Å². The Labute approximate surface area is 130 Å². The number of aliphatic hydroxyl groups is 1. The van der Waals surface area contributed by atoms with Crippen LogP contribution < -0.4 is 0 Å². The number of aliphatic hydroxyl groups excluding tert-OH is 1. The van der Waals surface area contributed by atoms with Crippen LogP contribution in [-0.2, 0) is 10.8 Å². The second kappa shape index (κ2) is 6.12. The lowest BCUT2D eigenvalue weighted by Crippen LogP contribution is -2.34. The van der Waals surface area contributed by atoms with E-state index in [-0.39, 0.29) is 16.9 Å². The topological polar surface area (TPSA) is 20.2 Å². The molecule has 1 aliphatic rings. The lowest BCUT2D eigenvalue weighted by Gasteiger charge is -2.42. The first kappa shape index (κ1) is 16.5. The molecule has 1 atom stereocenters. The largest absolute Gasteiger partial charge is 0.388 e. The van der Waals surface area contributed by atoms with Gasteiger partial charge in [-0.15, -0.1) is 0 Å². The number of fused-ring (bicyclic) bond motifs is 1. The van der Waals surface area contributed by atoms with Crippen LogP contribution in [0.4, 0.5) is 0 Å². The highest BCUT2D eigenvalue weighted by molar-refractivity contribution is 5.44. The Kier molecular flexibility index (Phi) is 4.82. The van der Waals surface area contributed by atoms with Crippen molar-refractivity contribution in [1.82, 2.24) is 0 Å². The minimum absolute atomic E-state index is 0.226. The lowest BCUT2D eigenvalue weighted by atomic mass is 9.63. The molecule has 0 saturated carbocycles. The Hall–Kier alpha value is -0.820. The summed E-state index contributed by atoms with van der Waals surface area (Å²) in [6.45, 7) is 11.6. The minimum Gasteiger partial charge on any atom is -0.388 e. The molecule has 0 fully saturated rings. The van der Waals surface area contributed by atoms with Gasteiger partial charge in [0.15, 0.2) is 0 Å². The summed E-state index contributed by atoms with van der Waals surface area (Å²) in [5.74, 6) is 0. The van der Waals surface area contributed by atoms with E-state index >= 15 is 0 Å². The molecule has 21 heavy (non-hydrogen) atoms. The highest BCUT2D eigenvalue weighted by atomic mass is 16.3. The van der Waals surface area contributed by atoms with Gasteiger partial charge in [0, 0.05) is 0 Å². The van der Waals surface area contributed by atoms with Gasteiger partial charge in [-0.05, 0) is 46.8 Å². The summed E-state index contributed by atoms with van der Waals surface area (Å²) in [6, 6.07) is 6.71. The molecule has 0 aliphatic heterocycles. The molecule has 1 aromatic rings. The molecule has 0 amide bonds. The quantitative estimate of drug-likeness (QED) is 0.694. The predicted molar refractivity (Wildman–Crippen MR) is 90.8 cm³/mol. The summed E-state index contributed by atoms with van der Waals surface area (Å²) in [7, 11) is 0. The molecule has 0 bridgehead atoms. The molecular formula is C20H32O. The summed E-state index contributed by atoms with van der Waals surface area (Å²) < 4.78 is 0. The van der Waals surface area contributed by atoms with E-state index < -0.39 is 0 Å². The van der Waals surface area contributed by atoms with Crippen molar-refractivity contribution in [3.8, 4) is 0 Å². The fraction of sp³-hybridized carbons (Fsp3) is 0.700. The molecule has 1 aromatic carbocycles. The molecule has 0 spiro atoms. The Bertz CT molecular complexity index is 485. The van der Waals surface area contributed by atoms with E-state index in [1.807, 2.05) is 0 Å². The van der Waals surface area contributed by atoms with E-state index in [0.717, 1.165) is 18.4 Å². The van der Waals surface area contributed by atoms with E-state index in [1.165, 1.54) is 36.8 Å². The van der Waals surface area contributed by atoms with Gasteiger partial charge >= 0.3 is 0 Å². The highest BCUT2D eigenvalue weighted by Gasteiger charge is 2.37. The molecule has 0 aromatic heterocycles. The normalized spacial score (nSPS) is 20.9. The van der Waals surface area contributed by atoms with Crippen molar-refractivity contribution in [2.75, 3.05) is 0 Å². The smallest absolute Gasteiger partial charge is 0.0790 e. The van der Waals surface area contributed by atoms with Gasteiger partial charge in [-0.1, -0.05) is 72.1 Å². The second-order valence-corrected chi connectivity index (χ2v) is 8.08. The Morgan fingerprint density at radius 2 is 1.62 bits per heavy atom. The van der Waals surface area contributed by atoms with Crippen LogP contribution in [0, 0.1) is 0 Å². The van der Waals surface area contributed by atoms with Crippen molar-refractivity contribution < 1.29 is 5.11 Å². The Balaban J connectivity index is 2.28. The van der Waals surface area contributed by atoms with E-state index in [2.05, 4.69) is 52.8 Å². The van der Waals surface area contributed by atoms with E-state index in [9.17, 15) is 5.11 Å². The number of rotatable bonds is 5. The van der Waals surface area contributed by atoms with Crippen LogP contribution in [0.5, 0.6) is 0 Å². The zero-order valence-corrected chi connectivity index (χ0v) is 14.5. The van der Waals surface area contributed by atoms with Crippen molar-refractivity contribution >= 4 is 0 Å². The molecule has 1 N–H and O–H groups in total. The zero-order valence-electron chi connectivity index (χ0n) is 14.5. The number of hydrogen-bond acceptors (Lipinski definition) is 1. The number of hydrogen-bond donors (Lipinski definition) is 1. The molecule has 0 radical (unpaired) electrons. The Morgan fingerprint density at radius 1 is 1.00 bits per heavy atom. The van der Waals surface area contributed by atoms with E-state index in [4.69, 9.17) is 0 Å². The Morgan fingerprint density at radius 3 is 2.24 bits per heavy atom. The van der Waals surface area contributed by atoms with Crippen LogP contribution in [0.1, 0.15) is 95.9 Å². The summed E-state index contributed by atoms with van der Waals surface area (Å²) >= 11 is 0. The molecule has 0 heterocycles. The maximum Gasteiger partial charge on any atom is 0.0790 e. The molecule has 118 valence electrons. The average Bonchev–Trinajstić information content (AvgIpc) is 2.44. The van der Waals surface area contributed by atoms with Crippen LogP contribution in [-0.4, -0.2) is 5.11 Å². The van der Waals surface area contributed by atoms with Gasteiger partial charge < -0.3 is 5.11 Å². The second-order valence-electron chi connectivity index (χ2n) is 8.08. The minimum atomic E-state index is -0.303. The highest BCUT2D eigenvalue weighted by Crippen LogP contribution is 2.46. The molecule has 1 nitrogen and oxygen atoms in total. The maximum atomic E-state index is 10.4. The molecule has 0 saturated heterocycles. The number of benzene rings is 1. The van der Waals surface area contributed by atoms with Crippen molar-refractivity contribution in [3.05, 3.63) is 34.9 Å². The average molecular weight is 288 g/mol. The molecule has 1 heteroatoms. The monoisotopic (exact) mass is 288 g/mol. The van der Waals surface area contributed by atoms with E-state index in [1.54, 1.807) is 0 Å². The van der Waals surface area contributed by atoms with Crippen molar-refractivity contribution in [3.63, 3.8) is 0 Å². The van der Waals surface area contributed by atoms with Gasteiger partial charge in [0.05, 0.1) is 6.10 Å².